The number of carbonyl (C=O) groups excluding carboxylic acids is 1. The molecule has 2 aromatic rings. The highest BCUT2D eigenvalue weighted by Crippen LogP contribution is 2.33. The van der Waals surface area contributed by atoms with Crippen molar-refractivity contribution in [3.63, 3.8) is 0 Å². The molecule has 0 spiro atoms. The lowest BCUT2D eigenvalue weighted by Gasteiger charge is -2.18. The lowest BCUT2D eigenvalue weighted by atomic mass is 9.91. The normalized spacial score (nSPS) is 23.3. The van der Waals surface area contributed by atoms with Gasteiger partial charge in [-0.25, -0.2) is 8.91 Å². The maximum atomic E-state index is 14.4. The van der Waals surface area contributed by atoms with Crippen molar-refractivity contribution in [1.82, 2.24) is 19.5 Å². The lowest BCUT2D eigenvalue weighted by molar-refractivity contribution is -0.128. The predicted octanol–water partition coefficient (Wildman–Crippen LogP) is 2.21. The van der Waals surface area contributed by atoms with Gasteiger partial charge in [-0.1, -0.05) is 0 Å². The van der Waals surface area contributed by atoms with Gasteiger partial charge in [0.25, 0.3) is 0 Å². The minimum absolute atomic E-state index is 0.0134. The summed E-state index contributed by atoms with van der Waals surface area (Å²) in [4.78, 5) is 21.0. The Kier molecular flexibility index (Phi) is 6.63. The highest BCUT2D eigenvalue weighted by molar-refractivity contribution is 6.48. The maximum Gasteiger partial charge on any atom is 0.407 e. The Bertz CT molecular complexity index is 1220. The smallest absolute Gasteiger partial charge is 0.407 e. The number of hydrogen-bond donors (Lipinski definition) is 2. The Morgan fingerprint density at radius 1 is 1.34 bits per heavy atom. The Morgan fingerprint density at radius 3 is 2.74 bits per heavy atom. The van der Waals surface area contributed by atoms with Crippen molar-refractivity contribution >= 4 is 34.4 Å². The molecule has 2 atom stereocenters. The van der Waals surface area contributed by atoms with Crippen LogP contribution >= 0.6 is 0 Å². The van der Waals surface area contributed by atoms with Gasteiger partial charge in [0, 0.05) is 25.2 Å². The summed E-state index contributed by atoms with van der Waals surface area (Å²) in [6.07, 6.45) is -1.82. The standard InChI is InChI=1S/C21H24F4N8O2/c1-11(34)32-8-14(22)17(9-32)28-20-29-19(35-2)18-13(5-6-33(18)31-20)12-3-4-15(30-26)16(7-12)27-10-21(23,24)25/h5-7,14,17H,3-4,8-10,26H2,1-2H3,(H,28,31)/b27-16?,30-15-/t14-,17+/m0/s1. The number of nitrogens with one attached hydrogen (secondary N) is 1. The maximum absolute atomic E-state index is 14.4. The molecule has 2 aliphatic rings. The van der Waals surface area contributed by atoms with Gasteiger partial charge >= 0.3 is 6.18 Å². The number of hydrazone groups is 1. The molecule has 1 aliphatic heterocycles. The van der Waals surface area contributed by atoms with E-state index in [9.17, 15) is 22.4 Å². The number of fused-ring (bicyclic) bond motifs is 1. The molecule has 2 aromatic heterocycles. The number of amides is 1. The van der Waals surface area contributed by atoms with Crippen LogP contribution < -0.4 is 15.9 Å². The third-order valence-corrected chi connectivity index (χ3v) is 5.85. The number of halogens is 4. The van der Waals surface area contributed by atoms with Crippen LogP contribution in [-0.2, 0) is 4.79 Å². The van der Waals surface area contributed by atoms with Crippen molar-refractivity contribution in [2.24, 2.45) is 15.9 Å². The highest BCUT2D eigenvalue weighted by Gasteiger charge is 2.35. The van der Waals surface area contributed by atoms with E-state index in [0.717, 1.165) is 0 Å². The minimum Gasteiger partial charge on any atom is -0.479 e. The zero-order chi connectivity index (χ0) is 25.3. The minimum atomic E-state index is -4.46. The quantitative estimate of drug-likeness (QED) is 0.372. The van der Waals surface area contributed by atoms with E-state index in [0.29, 0.717) is 29.5 Å². The summed E-state index contributed by atoms with van der Waals surface area (Å²) in [5.41, 5.74) is 2.18. The summed E-state index contributed by atoms with van der Waals surface area (Å²) < 4.78 is 59.5. The van der Waals surface area contributed by atoms with E-state index >= 15 is 0 Å². The largest absolute Gasteiger partial charge is 0.479 e. The molecule has 0 saturated carbocycles. The molecule has 1 fully saturated rings. The molecule has 4 rings (SSSR count). The fraction of sp³-hybridized carbons (Fsp3) is 0.476. The Hall–Kier alpha value is -3.71. The van der Waals surface area contributed by atoms with Crippen molar-refractivity contribution in [1.29, 1.82) is 0 Å². The van der Waals surface area contributed by atoms with Gasteiger partial charge in [-0.2, -0.15) is 23.3 Å². The second-order valence-corrected chi connectivity index (χ2v) is 8.22. The van der Waals surface area contributed by atoms with E-state index in [2.05, 4.69) is 25.5 Å². The molecule has 0 radical (unpaired) electrons. The molecule has 1 aliphatic carbocycles. The van der Waals surface area contributed by atoms with Gasteiger partial charge < -0.3 is 20.8 Å². The topological polar surface area (TPSA) is 122 Å². The van der Waals surface area contributed by atoms with E-state index in [1.165, 1.54) is 29.5 Å². The molecule has 0 unspecified atom stereocenters. The monoisotopic (exact) mass is 496 g/mol. The van der Waals surface area contributed by atoms with Crippen molar-refractivity contribution in [3.05, 3.63) is 23.9 Å². The van der Waals surface area contributed by atoms with Crippen LogP contribution in [-0.4, -0.2) is 82.0 Å². The number of carbonyl (C=O) groups is 1. The van der Waals surface area contributed by atoms with E-state index in [1.807, 2.05) is 0 Å². The molecular formula is C21H24F4N8O2. The van der Waals surface area contributed by atoms with E-state index in [-0.39, 0.29) is 42.2 Å². The molecular weight excluding hydrogens is 472 g/mol. The zero-order valence-electron chi connectivity index (χ0n) is 19.0. The Labute approximate surface area is 197 Å². The number of aromatic nitrogens is 3. The number of methoxy groups -OCH3 is 1. The summed E-state index contributed by atoms with van der Waals surface area (Å²) in [5, 5.41) is 10.9. The van der Waals surface area contributed by atoms with Gasteiger partial charge in [-0.15, -0.1) is 5.10 Å². The summed E-state index contributed by atoms with van der Waals surface area (Å²) in [5.74, 6) is 5.43. The van der Waals surface area contributed by atoms with Crippen LogP contribution in [0, 0.1) is 0 Å². The molecule has 0 aromatic carbocycles. The third-order valence-electron chi connectivity index (χ3n) is 5.85. The van der Waals surface area contributed by atoms with Crippen molar-refractivity contribution < 1.29 is 27.1 Å². The number of anilines is 1. The van der Waals surface area contributed by atoms with Crippen molar-refractivity contribution in [2.75, 3.05) is 32.1 Å². The van der Waals surface area contributed by atoms with E-state index in [4.69, 9.17) is 10.6 Å². The van der Waals surface area contributed by atoms with Crippen LogP contribution in [0.25, 0.3) is 11.1 Å². The number of allylic oxidation sites excluding steroid dienone is 2. The van der Waals surface area contributed by atoms with Gasteiger partial charge in [0.2, 0.25) is 17.7 Å². The Balaban J connectivity index is 1.66. The van der Waals surface area contributed by atoms with Gasteiger partial charge in [-0.3, -0.25) is 9.79 Å². The molecule has 1 amide bonds. The first-order valence-corrected chi connectivity index (χ1v) is 10.8. The number of alkyl halides is 4. The number of rotatable bonds is 5. The molecule has 0 bridgehead atoms. The zero-order valence-corrected chi connectivity index (χ0v) is 19.0. The van der Waals surface area contributed by atoms with Crippen molar-refractivity contribution in [3.8, 4) is 5.88 Å². The molecule has 3 N–H and O–H groups in total. The van der Waals surface area contributed by atoms with Crippen LogP contribution in [0.3, 0.4) is 0 Å². The van der Waals surface area contributed by atoms with Crippen LogP contribution in [0.1, 0.15) is 25.3 Å². The van der Waals surface area contributed by atoms with Gasteiger partial charge in [0.15, 0.2) is 0 Å². The highest BCUT2D eigenvalue weighted by atomic mass is 19.4. The molecule has 35 heavy (non-hydrogen) atoms. The van der Waals surface area contributed by atoms with Crippen molar-refractivity contribution in [2.45, 2.75) is 38.2 Å². The van der Waals surface area contributed by atoms with Gasteiger partial charge in [-0.05, 0) is 30.6 Å². The first kappa shape index (κ1) is 24.4. The predicted molar refractivity (Wildman–Crippen MR) is 121 cm³/mol. The Morgan fingerprint density at radius 2 is 2.11 bits per heavy atom. The number of ether oxygens (including phenoxy) is 1. The summed E-state index contributed by atoms with van der Waals surface area (Å²) >= 11 is 0. The lowest BCUT2D eigenvalue weighted by Crippen LogP contribution is -2.32. The SMILES string of the molecule is COc1nc(N[C@@H]2CN(C(C)=O)C[C@@H]2F)nn2ccc(C3=CC(=NCC(F)(F)F)/C(=N\N)CC3)c12. The first-order chi connectivity index (χ1) is 16.6. The van der Waals surface area contributed by atoms with Crippen LogP contribution in [0.15, 0.2) is 28.4 Å². The second-order valence-electron chi connectivity index (χ2n) is 8.22. The summed E-state index contributed by atoms with van der Waals surface area (Å²) in [6, 6.07) is 1.05. The average Bonchev–Trinajstić information content (AvgIpc) is 3.40. The first-order valence-electron chi connectivity index (χ1n) is 10.8. The van der Waals surface area contributed by atoms with Crippen LogP contribution in [0.5, 0.6) is 5.88 Å². The molecule has 10 nitrogen and oxygen atoms in total. The fourth-order valence-electron chi connectivity index (χ4n) is 4.13. The molecule has 14 heteroatoms. The van der Waals surface area contributed by atoms with Crippen LogP contribution in [0.4, 0.5) is 23.5 Å². The second kappa shape index (κ2) is 9.50. The third kappa shape index (κ3) is 5.20. The average molecular weight is 496 g/mol. The summed E-state index contributed by atoms with van der Waals surface area (Å²) in [7, 11) is 1.42. The molecule has 188 valence electrons. The summed E-state index contributed by atoms with van der Waals surface area (Å²) in [6.45, 7) is 0.195. The van der Waals surface area contributed by atoms with Gasteiger partial charge in [0.05, 0.1) is 31.1 Å². The van der Waals surface area contributed by atoms with E-state index < -0.39 is 24.9 Å². The van der Waals surface area contributed by atoms with Crippen LogP contribution in [0.2, 0.25) is 0 Å². The number of hydrogen-bond acceptors (Lipinski definition) is 8. The molecule has 3 heterocycles. The number of likely N-dealkylation sites (tertiary alicyclic amines) is 1. The van der Waals surface area contributed by atoms with Gasteiger partial charge in [0.1, 0.15) is 18.2 Å². The van der Waals surface area contributed by atoms with E-state index in [1.54, 1.807) is 12.3 Å². The fourth-order valence-corrected chi connectivity index (χ4v) is 4.13. The number of aliphatic imine (C=N–C) groups is 1. The number of nitrogens with two attached hydrogens (primary N) is 1. The number of nitrogens with zero attached hydrogens (tertiary/aromatic N) is 6. The molecule has 1 saturated heterocycles.